The predicted octanol–water partition coefficient (Wildman–Crippen LogP) is 2.63. The minimum atomic E-state index is -0.952. The van der Waals surface area contributed by atoms with Crippen LogP contribution in [-0.2, 0) is 20.7 Å². The van der Waals surface area contributed by atoms with Crippen LogP contribution >= 0.6 is 0 Å². The van der Waals surface area contributed by atoms with Gasteiger partial charge in [-0.25, -0.2) is 13.6 Å². The molecule has 0 aliphatic carbocycles. The van der Waals surface area contributed by atoms with E-state index in [0.29, 0.717) is 17.7 Å². The average Bonchev–Trinajstić information content (AvgIpc) is 2.63. The van der Waals surface area contributed by atoms with Crippen molar-refractivity contribution in [2.45, 2.75) is 19.4 Å². The van der Waals surface area contributed by atoms with Crippen LogP contribution in [0.5, 0.6) is 5.75 Å². The van der Waals surface area contributed by atoms with Crippen molar-refractivity contribution in [3.8, 4) is 5.75 Å². The number of amides is 1. The van der Waals surface area contributed by atoms with Gasteiger partial charge in [-0.15, -0.1) is 0 Å². The number of hydrogen-bond acceptors (Lipinski definition) is 4. The smallest absolute Gasteiger partial charge is 0.347 e. The Morgan fingerprint density at radius 3 is 2.46 bits per heavy atom. The van der Waals surface area contributed by atoms with E-state index < -0.39 is 30.4 Å². The van der Waals surface area contributed by atoms with Gasteiger partial charge in [-0.2, -0.15) is 0 Å². The van der Waals surface area contributed by atoms with E-state index in [1.807, 2.05) is 0 Å². The summed E-state index contributed by atoms with van der Waals surface area (Å²) in [5.41, 5.74) is 0.492. The van der Waals surface area contributed by atoms with Gasteiger partial charge in [0.1, 0.15) is 17.4 Å². The number of benzene rings is 2. The second-order valence-corrected chi connectivity index (χ2v) is 5.51. The fourth-order valence-electron chi connectivity index (χ4n) is 2.11. The SMILES string of the molecule is C[C@@H](Oc1ccc(F)cc1)C(=O)OCC(=O)NCCc1ccccc1F. The molecular weight excluding hydrogens is 344 g/mol. The van der Waals surface area contributed by atoms with Crippen LogP contribution in [0.15, 0.2) is 48.5 Å². The van der Waals surface area contributed by atoms with Gasteiger partial charge in [-0.3, -0.25) is 4.79 Å². The Labute approximate surface area is 149 Å². The molecule has 5 nitrogen and oxygen atoms in total. The van der Waals surface area contributed by atoms with Crippen molar-refractivity contribution in [3.05, 3.63) is 65.7 Å². The number of halogens is 2. The van der Waals surface area contributed by atoms with E-state index in [0.717, 1.165) is 0 Å². The molecule has 2 aromatic carbocycles. The standard InChI is InChI=1S/C19H19F2NO4/c1-13(26-16-8-6-15(20)7-9-16)19(24)25-12-18(23)22-11-10-14-4-2-3-5-17(14)21/h2-9,13H,10-12H2,1H3,(H,22,23)/t13-/m1/s1. The first-order valence-corrected chi connectivity index (χ1v) is 8.04. The topological polar surface area (TPSA) is 64.6 Å². The summed E-state index contributed by atoms with van der Waals surface area (Å²) < 4.78 is 36.4. The lowest BCUT2D eigenvalue weighted by molar-refractivity contribution is -0.154. The number of carbonyl (C=O) groups excluding carboxylic acids is 2. The predicted molar refractivity (Wildman–Crippen MR) is 90.6 cm³/mol. The third-order valence-electron chi connectivity index (χ3n) is 3.48. The van der Waals surface area contributed by atoms with Gasteiger partial charge in [0, 0.05) is 6.54 Å². The van der Waals surface area contributed by atoms with Crippen LogP contribution < -0.4 is 10.1 Å². The molecule has 0 heterocycles. The van der Waals surface area contributed by atoms with Crippen molar-refractivity contribution in [1.82, 2.24) is 5.32 Å². The molecule has 0 saturated heterocycles. The maximum absolute atomic E-state index is 13.4. The van der Waals surface area contributed by atoms with E-state index in [1.165, 1.54) is 37.3 Å². The van der Waals surface area contributed by atoms with Crippen LogP contribution in [0, 0.1) is 11.6 Å². The van der Waals surface area contributed by atoms with Crippen LogP contribution in [0.1, 0.15) is 12.5 Å². The molecule has 2 aromatic rings. The average molecular weight is 363 g/mol. The van der Waals surface area contributed by atoms with Crippen molar-refractivity contribution in [3.63, 3.8) is 0 Å². The number of ether oxygens (including phenoxy) is 2. The molecule has 0 aromatic heterocycles. The molecule has 7 heteroatoms. The highest BCUT2D eigenvalue weighted by molar-refractivity contribution is 5.81. The second-order valence-electron chi connectivity index (χ2n) is 5.51. The molecule has 1 atom stereocenters. The normalized spacial score (nSPS) is 11.5. The van der Waals surface area contributed by atoms with Crippen molar-refractivity contribution in [2.24, 2.45) is 0 Å². The van der Waals surface area contributed by atoms with Gasteiger partial charge < -0.3 is 14.8 Å². The molecule has 138 valence electrons. The van der Waals surface area contributed by atoms with E-state index in [2.05, 4.69) is 5.32 Å². The summed E-state index contributed by atoms with van der Waals surface area (Å²) in [6.45, 7) is 1.22. The first kappa shape index (κ1) is 19.4. The molecule has 1 amide bonds. The summed E-state index contributed by atoms with van der Waals surface area (Å²) in [6, 6.07) is 11.5. The first-order valence-electron chi connectivity index (χ1n) is 8.04. The van der Waals surface area contributed by atoms with Crippen LogP contribution in [-0.4, -0.2) is 31.1 Å². The Balaban J connectivity index is 1.68. The van der Waals surface area contributed by atoms with E-state index >= 15 is 0 Å². The van der Waals surface area contributed by atoms with Crippen LogP contribution in [0.3, 0.4) is 0 Å². The van der Waals surface area contributed by atoms with Crippen LogP contribution in [0.4, 0.5) is 8.78 Å². The monoisotopic (exact) mass is 363 g/mol. The Kier molecular flexibility index (Phi) is 7.08. The number of rotatable bonds is 8. The van der Waals surface area contributed by atoms with E-state index in [9.17, 15) is 18.4 Å². The maximum atomic E-state index is 13.4. The van der Waals surface area contributed by atoms with Gasteiger partial charge in [-0.05, 0) is 49.2 Å². The van der Waals surface area contributed by atoms with E-state index in [1.54, 1.807) is 18.2 Å². The molecule has 0 fully saturated rings. The van der Waals surface area contributed by atoms with Crippen molar-refractivity contribution >= 4 is 11.9 Å². The van der Waals surface area contributed by atoms with Crippen molar-refractivity contribution in [1.29, 1.82) is 0 Å². The summed E-state index contributed by atoms with van der Waals surface area (Å²) in [6.07, 6.45) is -0.622. The van der Waals surface area contributed by atoms with Gasteiger partial charge in [0.2, 0.25) is 0 Å². The lowest BCUT2D eigenvalue weighted by atomic mass is 10.1. The van der Waals surface area contributed by atoms with Gasteiger partial charge in [-0.1, -0.05) is 18.2 Å². The van der Waals surface area contributed by atoms with Crippen LogP contribution in [0.2, 0.25) is 0 Å². The fourth-order valence-corrected chi connectivity index (χ4v) is 2.11. The summed E-state index contributed by atoms with van der Waals surface area (Å²) in [5.74, 6) is -1.66. The molecule has 0 spiro atoms. The summed E-state index contributed by atoms with van der Waals surface area (Å²) in [5, 5.41) is 2.54. The molecule has 0 bridgehead atoms. The largest absolute Gasteiger partial charge is 0.479 e. The van der Waals surface area contributed by atoms with E-state index in [-0.39, 0.29) is 12.4 Å². The van der Waals surface area contributed by atoms with Gasteiger partial charge in [0.05, 0.1) is 0 Å². The molecule has 0 saturated carbocycles. The summed E-state index contributed by atoms with van der Waals surface area (Å²) >= 11 is 0. The number of carbonyl (C=O) groups is 2. The third kappa shape index (κ3) is 6.16. The van der Waals surface area contributed by atoms with Crippen LogP contribution in [0.25, 0.3) is 0 Å². The Hall–Kier alpha value is -2.96. The lowest BCUT2D eigenvalue weighted by Gasteiger charge is -2.14. The van der Waals surface area contributed by atoms with E-state index in [4.69, 9.17) is 9.47 Å². The molecule has 26 heavy (non-hydrogen) atoms. The Morgan fingerprint density at radius 1 is 1.08 bits per heavy atom. The summed E-state index contributed by atoms with van der Waals surface area (Å²) in [4.78, 5) is 23.5. The molecule has 2 rings (SSSR count). The zero-order valence-corrected chi connectivity index (χ0v) is 14.2. The molecular formula is C19H19F2NO4. The molecule has 0 radical (unpaired) electrons. The van der Waals surface area contributed by atoms with Gasteiger partial charge >= 0.3 is 5.97 Å². The third-order valence-corrected chi connectivity index (χ3v) is 3.48. The molecule has 1 N–H and O–H groups in total. The molecule has 0 unspecified atom stereocenters. The fraction of sp³-hybridized carbons (Fsp3) is 0.263. The Morgan fingerprint density at radius 2 is 1.77 bits per heavy atom. The highest BCUT2D eigenvalue weighted by atomic mass is 19.1. The lowest BCUT2D eigenvalue weighted by Crippen LogP contribution is -2.33. The maximum Gasteiger partial charge on any atom is 0.347 e. The minimum Gasteiger partial charge on any atom is -0.479 e. The highest BCUT2D eigenvalue weighted by Crippen LogP contribution is 2.13. The van der Waals surface area contributed by atoms with Crippen molar-refractivity contribution in [2.75, 3.05) is 13.2 Å². The minimum absolute atomic E-state index is 0.221. The molecule has 0 aliphatic rings. The second kappa shape index (κ2) is 9.50. The number of nitrogens with one attached hydrogen (secondary N) is 1. The van der Waals surface area contributed by atoms with Gasteiger partial charge in [0.25, 0.3) is 5.91 Å². The summed E-state index contributed by atoms with van der Waals surface area (Å²) in [7, 11) is 0. The number of hydrogen-bond donors (Lipinski definition) is 1. The van der Waals surface area contributed by atoms with Crippen molar-refractivity contribution < 1.29 is 27.8 Å². The highest BCUT2D eigenvalue weighted by Gasteiger charge is 2.17. The Bertz CT molecular complexity index is 749. The quantitative estimate of drug-likeness (QED) is 0.733. The van der Waals surface area contributed by atoms with Gasteiger partial charge in [0.15, 0.2) is 12.7 Å². The number of esters is 1. The molecule has 0 aliphatic heterocycles. The zero-order chi connectivity index (χ0) is 18.9. The zero-order valence-electron chi connectivity index (χ0n) is 14.2. The first-order chi connectivity index (χ1) is 12.5.